The maximum absolute atomic E-state index is 5.42. The minimum atomic E-state index is 0.368. The molecule has 0 N–H and O–H groups in total. The van der Waals surface area contributed by atoms with E-state index in [1.807, 2.05) is 24.3 Å². The summed E-state index contributed by atoms with van der Waals surface area (Å²) in [5, 5.41) is 8.11. The molecule has 0 amide bonds. The van der Waals surface area contributed by atoms with Crippen LogP contribution in [0.15, 0.2) is 58.8 Å². The summed E-state index contributed by atoms with van der Waals surface area (Å²) in [6, 6.07) is 16.1. The summed E-state index contributed by atoms with van der Waals surface area (Å²) in [7, 11) is 0. The van der Waals surface area contributed by atoms with E-state index in [4.69, 9.17) is 9.68 Å². The van der Waals surface area contributed by atoms with E-state index in [-0.39, 0.29) is 0 Å². The highest BCUT2D eigenvalue weighted by atomic mass is 16.7. The zero-order chi connectivity index (χ0) is 17.1. The molecule has 1 aliphatic heterocycles. The number of rotatable bonds is 4. The molecule has 0 saturated heterocycles. The molecule has 0 atom stereocenters. The van der Waals surface area contributed by atoms with Gasteiger partial charge in [0.25, 0.3) is 11.8 Å². The standard InChI is InChI=1S/C20H22N2O2/c1-13(2)15-5-9-17(10-6-15)19-21-24-20(22-23-19)18-11-7-16(8-12-18)14(3)4/h5-14H,1-4H3. The van der Waals surface area contributed by atoms with Crippen LogP contribution in [0, 0.1) is 0 Å². The zero-order valence-electron chi connectivity index (χ0n) is 14.5. The first-order valence-electron chi connectivity index (χ1n) is 8.25. The highest BCUT2D eigenvalue weighted by molar-refractivity contribution is 5.99. The van der Waals surface area contributed by atoms with Crippen LogP contribution in [-0.2, 0) is 9.68 Å². The Kier molecular flexibility index (Phi) is 4.65. The Morgan fingerprint density at radius 2 is 0.917 bits per heavy atom. The lowest BCUT2D eigenvalue weighted by Gasteiger charge is -2.13. The van der Waals surface area contributed by atoms with E-state index in [1.165, 1.54) is 11.1 Å². The van der Waals surface area contributed by atoms with Crippen molar-refractivity contribution in [2.45, 2.75) is 39.5 Å². The lowest BCUT2D eigenvalue weighted by Crippen LogP contribution is -2.15. The van der Waals surface area contributed by atoms with Crippen molar-refractivity contribution in [3.05, 3.63) is 70.8 Å². The topological polar surface area (TPSA) is 43.2 Å². The van der Waals surface area contributed by atoms with Gasteiger partial charge in [0.05, 0.1) is 0 Å². The van der Waals surface area contributed by atoms with Crippen LogP contribution in [-0.4, -0.2) is 11.8 Å². The molecule has 4 heteroatoms. The molecule has 0 fully saturated rings. The third-order valence-corrected chi connectivity index (χ3v) is 4.08. The van der Waals surface area contributed by atoms with E-state index in [9.17, 15) is 0 Å². The molecule has 0 aromatic heterocycles. The first-order chi connectivity index (χ1) is 11.5. The molecule has 1 aliphatic rings. The van der Waals surface area contributed by atoms with Crippen LogP contribution in [0.1, 0.15) is 61.8 Å². The number of hydrogen-bond donors (Lipinski definition) is 0. The molecular weight excluding hydrogens is 300 g/mol. The lowest BCUT2D eigenvalue weighted by atomic mass is 10.0. The molecule has 0 unspecified atom stereocenters. The summed E-state index contributed by atoms with van der Waals surface area (Å²) < 4.78 is 0. The molecule has 0 bridgehead atoms. The van der Waals surface area contributed by atoms with Gasteiger partial charge in [-0.15, -0.1) is 0 Å². The van der Waals surface area contributed by atoms with E-state index in [0.717, 1.165) is 11.1 Å². The smallest absolute Gasteiger partial charge is 0.291 e. The molecular formula is C20H22N2O2. The number of nitrogens with zero attached hydrogens (tertiary/aromatic N) is 2. The zero-order valence-corrected chi connectivity index (χ0v) is 14.5. The second-order valence-corrected chi connectivity index (χ2v) is 6.53. The van der Waals surface area contributed by atoms with Crippen LogP contribution < -0.4 is 0 Å². The van der Waals surface area contributed by atoms with Crippen molar-refractivity contribution in [1.82, 2.24) is 0 Å². The average Bonchev–Trinajstić information content (AvgIpc) is 2.62. The largest absolute Gasteiger partial charge is 0.329 e. The lowest BCUT2D eigenvalue weighted by molar-refractivity contribution is 0.219. The van der Waals surface area contributed by atoms with Gasteiger partial charge in [-0.25, -0.2) is 0 Å². The van der Waals surface area contributed by atoms with Crippen molar-refractivity contribution in [2.75, 3.05) is 0 Å². The van der Waals surface area contributed by atoms with Gasteiger partial charge >= 0.3 is 0 Å². The number of oxime groups is 2. The van der Waals surface area contributed by atoms with Gasteiger partial charge in [0.15, 0.2) is 0 Å². The fourth-order valence-corrected chi connectivity index (χ4v) is 2.43. The van der Waals surface area contributed by atoms with Crippen molar-refractivity contribution >= 4 is 11.8 Å². The predicted molar refractivity (Wildman–Crippen MR) is 96.3 cm³/mol. The molecule has 0 spiro atoms. The predicted octanol–water partition coefficient (Wildman–Crippen LogP) is 5.00. The Labute approximate surface area is 142 Å². The van der Waals surface area contributed by atoms with Gasteiger partial charge < -0.3 is 9.68 Å². The monoisotopic (exact) mass is 322 g/mol. The van der Waals surface area contributed by atoms with Crippen molar-refractivity contribution in [3.8, 4) is 0 Å². The summed E-state index contributed by atoms with van der Waals surface area (Å²) in [6.45, 7) is 8.64. The maximum atomic E-state index is 5.42. The summed E-state index contributed by atoms with van der Waals surface area (Å²) in [4.78, 5) is 10.8. The summed E-state index contributed by atoms with van der Waals surface area (Å²) in [5.74, 6) is 1.71. The van der Waals surface area contributed by atoms with Crippen LogP contribution in [0.2, 0.25) is 0 Å². The number of benzene rings is 2. The molecule has 124 valence electrons. The van der Waals surface area contributed by atoms with Gasteiger partial charge in [0.1, 0.15) is 0 Å². The molecule has 2 aromatic rings. The Morgan fingerprint density at radius 3 is 1.17 bits per heavy atom. The van der Waals surface area contributed by atoms with Crippen LogP contribution in [0.3, 0.4) is 0 Å². The molecule has 2 aromatic carbocycles. The van der Waals surface area contributed by atoms with Gasteiger partial charge in [-0.2, -0.15) is 0 Å². The second-order valence-electron chi connectivity index (χ2n) is 6.53. The van der Waals surface area contributed by atoms with Crippen molar-refractivity contribution in [3.63, 3.8) is 0 Å². The first-order valence-corrected chi connectivity index (χ1v) is 8.25. The normalized spacial score (nSPS) is 14.1. The van der Waals surface area contributed by atoms with E-state index in [1.54, 1.807) is 0 Å². The maximum Gasteiger partial charge on any atom is 0.291 e. The van der Waals surface area contributed by atoms with Gasteiger partial charge in [-0.1, -0.05) is 52.0 Å². The molecule has 0 saturated carbocycles. The van der Waals surface area contributed by atoms with Crippen molar-refractivity contribution < 1.29 is 9.68 Å². The van der Waals surface area contributed by atoms with Crippen molar-refractivity contribution in [1.29, 1.82) is 0 Å². The minimum absolute atomic E-state index is 0.368. The highest BCUT2D eigenvalue weighted by Gasteiger charge is 2.16. The van der Waals surface area contributed by atoms with E-state index < -0.39 is 0 Å². The molecule has 0 aliphatic carbocycles. The quantitative estimate of drug-likeness (QED) is 0.794. The fraction of sp³-hybridized carbons (Fsp3) is 0.300. The van der Waals surface area contributed by atoms with Crippen LogP contribution in [0.4, 0.5) is 0 Å². The minimum Gasteiger partial charge on any atom is -0.329 e. The van der Waals surface area contributed by atoms with Gasteiger partial charge in [0, 0.05) is 11.1 Å². The molecule has 0 radical (unpaired) electrons. The summed E-state index contributed by atoms with van der Waals surface area (Å²) in [5.41, 5.74) is 4.23. The van der Waals surface area contributed by atoms with E-state index >= 15 is 0 Å². The Morgan fingerprint density at radius 1 is 0.583 bits per heavy atom. The van der Waals surface area contributed by atoms with Gasteiger partial charge in [-0.3, -0.25) is 0 Å². The second kappa shape index (κ2) is 6.87. The van der Waals surface area contributed by atoms with E-state index in [2.05, 4.69) is 62.3 Å². The average molecular weight is 322 g/mol. The summed E-state index contributed by atoms with van der Waals surface area (Å²) >= 11 is 0. The molecule has 24 heavy (non-hydrogen) atoms. The van der Waals surface area contributed by atoms with E-state index in [0.29, 0.717) is 23.6 Å². The Bertz CT molecular complexity index is 690. The van der Waals surface area contributed by atoms with Crippen LogP contribution in [0.5, 0.6) is 0 Å². The Balaban J connectivity index is 1.71. The fourth-order valence-electron chi connectivity index (χ4n) is 2.43. The highest BCUT2D eigenvalue weighted by Crippen LogP contribution is 2.19. The van der Waals surface area contributed by atoms with Gasteiger partial charge in [-0.05, 0) is 57.5 Å². The summed E-state index contributed by atoms with van der Waals surface area (Å²) in [6.07, 6.45) is 0. The van der Waals surface area contributed by atoms with Crippen LogP contribution >= 0.6 is 0 Å². The third kappa shape index (κ3) is 3.48. The SMILES string of the molecule is CC(C)c1ccc(C2=NOC(c3ccc(C(C)C)cc3)=NO2)cc1. The number of hydrogen-bond acceptors (Lipinski definition) is 4. The third-order valence-electron chi connectivity index (χ3n) is 4.08. The first kappa shape index (κ1) is 16.2. The van der Waals surface area contributed by atoms with Gasteiger partial charge in [0.2, 0.25) is 0 Å². The van der Waals surface area contributed by atoms with Crippen LogP contribution in [0.25, 0.3) is 0 Å². The molecule has 1 heterocycles. The molecule has 4 nitrogen and oxygen atoms in total. The van der Waals surface area contributed by atoms with Crippen molar-refractivity contribution in [2.24, 2.45) is 10.3 Å². The Hall–Kier alpha value is -2.62. The molecule has 3 rings (SSSR count).